The first-order chi connectivity index (χ1) is 11.9. The summed E-state index contributed by atoms with van der Waals surface area (Å²) in [5.74, 6) is 0.586. The Morgan fingerprint density at radius 1 is 1.12 bits per heavy atom. The molecule has 1 spiro atoms. The molecule has 1 aliphatic heterocycles. The molecule has 0 radical (unpaired) electrons. The van der Waals surface area contributed by atoms with Crippen LogP contribution in [0.4, 0.5) is 0 Å². The first-order valence-electron chi connectivity index (χ1n) is 8.53. The van der Waals surface area contributed by atoms with Crippen molar-refractivity contribution in [3.63, 3.8) is 0 Å². The SMILES string of the molecule is COC1=CC(=O)[C@]2(CC[C@@]34NCC[C@]32CC(=O)C(OC)=C4OC)[C@@H]1O. The molecule has 1 saturated heterocycles. The van der Waals surface area contributed by atoms with E-state index in [9.17, 15) is 14.7 Å². The number of ketones is 2. The maximum absolute atomic E-state index is 13.1. The van der Waals surface area contributed by atoms with Crippen LogP contribution in [0.25, 0.3) is 0 Å². The Hall–Kier alpha value is -1.86. The van der Waals surface area contributed by atoms with Crippen LogP contribution in [0, 0.1) is 10.8 Å². The van der Waals surface area contributed by atoms with E-state index in [0.29, 0.717) is 31.6 Å². The van der Waals surface area contributed by atoms with Gasteiger partial charge in [-0.05, 0) is 25.8 Å². The lowest BCUT2D eigenvalue weighted by Crippen LogP contribution is -2.62. The van der Waals surface area contributed by atoms with Gasteiger partial charge in [0, 0.05) is 17.9 Å². The minimum atomic E-state index is -1.07. The molecule has 1 heterocycles. The van der Waals surface area contributed by atoms with Gasteiger partial charge in [-0.15, -0.1) is 0 Å². The Kier molecular flexibility index (Phi) is 3.37. The van der Waals surface area contributed by atoms with Gasteiger partial charge in [-0.25, -0.2) is 0 Å². The van der Waals surface area contributed by atoms with Gasteiger partial charge < -0.3 is 24.6 Å². The molecule has 0 unspecified atom stereocenters. The average Bonchev–Trinajstić information content (AvgIpc) is 3.18. The zero-order valence-electron chi connectivity index (χ0n) is 14.7. The summed E-state index contributed by atoms with van der Waals surface area (Å²) in [6.07, 6.45) is 2.13. The van der Waals surface area contributed by atoms with E-state index in [-0.39, 0.29) is 29.5 Å². The van der Waals surface area contributed by atoms with Gasteiger partial charge in [0.05, 0.1) is 32.3 Å². The maximum atomic E-state index is 13.1. The van der Waals surface area contributed by atoms with E-state index in [0.717, 1.165) is 0 Å². The minimum absolute atomic E-state index is 0.143. The summed E-state index contributed by atoms with van der Waals surface area (Å²) in [5.41, 5.74) is -2.51. The first-order valence-corrected chi connectivity index (χ1v) is 8.53. The monoisotopic (exact) mass is 349 g/mol. The van der Waals surface area contributed by atoms with Gasteiger partial charge in [0.1, 0.15) is 11.9 Å². The van der Waals surface area contributed by atoms with Crippen LogP contribution in [0.1, 0.15) is 25.7 Å². The van der Waals surface area contributed by atoms with Crippen LogP contribution in [0.5, 0.6) is 0 Å². The van der Waals surface area contributed by atoms with Crippen LogP contribution in [0.2, 0.25) is 0 Å². The lowest BCUT2D eigenvalue weighted by molar-refractivity contribution is -0.146. The summed E-state index contributed by atoms with van der Waals surface area (Å²) >= 11 is 0. The quantitative estimate of drug-likeness (QED) is 0.763. The van der Waals surface area contributed by atoms with Gasteiger partial charge in [-0.2, -0.15) is 0 Å². The highest BCUT2D eigenvalue weighted by atomic mass is 16.5. The minimum Gasteiger partial charge on any atom is -0.498 e. The van der Waals surface area contributed by atoms with Gasteiger partial charge in [-0.1, -0.05) is 0 Å². The predicted molar refractivity (Wildman–Crippen MR) is 86.2 cm³/mol. The Bertz CT molecular complexity index is 727. The lowest BCUT2D eigenvalue weighted by Gasteiger charge is -2.51. The molecule has 2 fully saturated rings. The lowest BCUT2D eigenvalue weighted by atomic mass is 9.52. The maximum Gasteiger partial charge on any atom is 0.201 e. The van der Waals surface area contributed by atoms with Crippen molar-refractivity contribution >= 4 is 11.6 Å². The van der Waals surface area contributed by atoms with E-state index in [1.165, 1.54) is 27.4 Å². The van der Waals surface area contributed by atoms with E-state index >= 15 is 0 Å². The number of nitrogens with one attached hydrogen (secondary N) is 1. The number of hydrogen-bond acceptors (Lipinski definition) is 7. The fraction of sp³-hybridized carbons (Fsp3) is 0.667. The van der Waals surface area contributed by atoms with Crippen molar-refractivity contribution in [2.24, 2.45) is 10.8 Å². The van der Waals surface area contributed by atoms with Gasteiger partial charge in [0.15, 0.2) is 11.5 Å². The zero-order chi connectivity index (χ0) is 18.0. The number of hydrogen-bond donors (Lipinski definition) is 2. The molecule has 4 rings (SSSR count). The fourth-order valence-corrected chi connectivity index (χ4v) is 6.03. The van der Waals surface area contributed by atoms with Crippen LogP contribution in [-0.2, 0) is 23.8 Å². The van der Waals surface area contributed by atoms with Crippen molar-refractivity contribution in [3.05, 3.63) is 23.4 Å². The average molecular weight is 349 g/mol. The fourth-order valence-electron chi connectivity index (χ4n) is 6.03. The molecular weight excluding hydrogens is 326 g/mol. The van der Waals surface area contributed by atoms with E-state index < -0.39 is 22.5 Å². The third-order valence-corrected chi connectivity index (χ3v) is 6.95. The second kappa shape index (κ2) is 5.08. The number of methoxy groups -OCH3 is 3. The number of rotatable bonds is 3. The summed E-state index contributed by atoms with van der Waals surface area (Å²) in [7, 11) is 4.42. The Morgan fingerprint density at radius 3 is 2.48 bits per heavy atom. The molecule has 2 N–H and O–H groups in total. The number of aliphatic hydroxyl groups excluding tert-OH is 1. The van der Waals surface area contributed by atoms with Gasteiger partial charge in [-0.3, -0.25) is 9.59 Å². The summed E-state index contributed by atoms with van der Waals surface area (Å²) in [6.45, 7) is 0.640. The highest BCUT2D eigenvalue weighted by Gasteiger charge is 2.79. The van der Waals surface area contributed by atoms with Crippen molar-refractivity contribution in [1.29, 1.82) is 0 Å². The standard InChI is InChI=1S/C18H23NO6/c1-23-11-8-12(21)17(14(11)22)4-5-18-15(25-3)13(24-2)10(20)9-16(17,18)6-7-19-18/h8,14,19,22H,4-7,9H2,1-3H3/t14-,16-,17-,18+/m1/s1. The molecule has 0 bridgehead atoms. The molecule has 0 aromatic carbocycles. The predicted octanol–water partition coefficient (Wildman–Crippen LogP) is 0.436. The molecule has 136 valence electrons. The third-order valence-electron chi connectivity index (χ3n) is 6.95. The van der Waals surface area contributed by atoms with Gasteiger partial charge >= 0.3 is 0 Å². The molecule has 7 nitrogen and oxygen atoms in total. The van der Waals surface area contributed by atoms with Crippen molar-refractivity contribution in [2.45, 2.75) is 37.3 Å². The van der Waals surface area contributed by atoms with Crippen molar-refractivity contribution in [2.75, 3.05) is 27.9 Å². The van der Waals surface area contributed by atoms with Crippen molar-refractivity contribution < 1.29 is 28.9 Å². The smallest absolute Gasteiger partial charge is 0.201 e. The zero-order valence-corrected chi connectivity index (χ0v) is 14.7. The van der Waals surface area contributed by atoms with Gasteiger partial charge in [0.2, 0.25) is 11.5 Å². The summed E-state index contributed by atoms with van der Waals surface area (Å²) in [6, 6.07) is 0. The number of carbonyl (C=O) groups is 2. The Balaban J connectivity index is 1.95. The van der Waals surface area contributed by atoms with E-state index in [1.807, 2.05) is 0 Å². The van der Waals surface area contributed by atoms with Crippen LogP contribution in [-0.4, -0.2) is 56.2 Å². The number of carbonyl (C=O) groups excluding carboxylic acids is 2. The van der Waals surface area contributed by atoms with E-state index in [1.54, 1.807) is 0 Å². The number of aliphatic hydroxyl groups is 1. The normalized spacial score (nSPS) is 42.6. The molecular formula is C18H23NO6. The Morgan fingerprint density at radius 2 is 1.88 bits per heavy atom. The number of ether oxygens (including phenoxy) is 3. The topological polar surface area (TPSA) is 94.1 Å². The molecule has 4 atom stereocenters. The number of Topliss-reactive ketones (excluding diaryl/α,β-unsaturated/α-hetero) is 1. The number of allylic oxidation sites excluding steroid dienone is 2. The largest absolute Gasteiger partial charge is 0.498 e. The van der Waals surface area contributed by atoms with Gasteiger partial charge in [0.25, 0.3) is 0 Å². The van der Waals surface area contributed by atoms with Crippen LogP contribution < -0.4 is 5.32 Å². The molecule has 1 saturated carbocycles. The second-order valence-corrected chi connectivity index (χ2v) is 7.32. The van der Waals surface area contributed by atoms with Crippen molar-refractivity contribution in [3.8, 4) is 0 Å². The highest BCUT2D eigenvalue weighted by Crippen LogP contribution is 2.71. The molecule has 0 aromatic rings. The molecule has 25 heavy (non-hydrogen) atoms. The van der Waals surface area contributed by atoms with Crippen LogP contribution in [0.3, 0.4) is 0 Å². The van der Waals surface area contributed by atoms with Crippen LogP contribution in [0.15, 0.2) is 23.4 Å². The third kappa shape index (κ3) is 1.55. The molecule has 0 aromatic heterocycles. The van der Waals surface area contributed by atoms with Crippen molar-refractivity contribution in [1.82, 2.24) is 5.32 Å². The summed E-state index contributed by atoms with van der Waals surface area (Å²) in [4.78, 5) is 25.9. The van der Waals surface area contributed by atoms with Crippen LogP contribution >= 0.6 is 0 Å². The van der Waals surface area contributed by atoms with E-state index in [2.05, 4.69) is 5.32 Å². The molecule has 0 amide bonds. The highest BCUT2D eigenvalue weighted by molar-refractivity contribution is 6.03. The summed E-state index contributed by atoms with van der Waals surface area (Å²) in [5, 5.41) is 14.5. The molecule has 4 aliphatic rings. The molecule has 7 heteroatoms. The van der Waals surface area contributed by atoms with E-state index in [4.69, 9.17) is 14.2 Å². The summed E-state index contributed by atoms with van der Waals surface area (Å²) < 4.78 is 16.2. The molecule has 3 aliphatic carbocycles. The second-order valence-electron chi connectivity index (χ2n) is 7.32. The first kappa shape index (κ1) is 16.6. The Labute approximate surface area is 146 Å².